The summed E-state index contributed by atoms with van der Waals surface area (Å²) in [6, 6.07) is 5.33. The molecule has 6 heteroatoms. The first-order chi connectivity index (χ1) is 10.8. The summed E-state index contributed by atoms with van der Waals surface area (Å²) in [7, 11) is -3.66. The molecule has 0 heterocycles. The van der Waals surface area contributed by atoms with Crippen LogP contribution in [0, 0.1) is 13.8 Å². The Bertz CT molecular complexity index is 627. The molecule has 0 spiro atoms. The third-order valence-corrected chi connectivity index (χ3v) is 5.80. The highest BCUT2D eigenvalue weighted by atomic mass is 32.2. The molecule has 130 valence electrons. The Kier molecular flexibility index (Phi) is 7.72. The first-order valence-electron chi connectivity index (χ1n) is 8.17. The number of sulfonamides is 1. The second-order valence-corrected chi connectivity index (χ2v) is 7.66. The Balaban J connectivity index is 2.83. The maximum absolute atomic E-state index is 12.8. The van der Waals surface area contributed by atoms with Crippen LogP contribution in [0.15, 0.2) is 23.1 Å². The zero-order valence-electron chi connectivity index (χ0n) is 14.6. The molecule has 1 aromatic rings. The quantitative estimate of drug-likeness (QED) is 0.703. The van der Waals surface area contributed by atoms with Crippen LogP contribution in [0.3, 0.4) is 0 Å². The van der Waals surface area contributed by atoms with Crippen molar-refractivity contribution in [3.05, 3.63) is 29.3 Å². The zero-order chi connectivity index (χ0) is 17.5. The molecule has 0 aliphatic rings. The number of rotatable bonds is 9. The molecular formula is C17H28N2O3S. The van der Waals surface area contributed by atoms with Crippen LogP contribution in [-0.4, -0.2) is 38.3 Å². The number of unbranched alkanes of at least 4 members (excludes halogenated alkanes) is 2. The minimum absolute atomic E-state index is 0.141. The lowest BCUT2D eigenvalue weighted by molar-refractivity contribution is -0.121. The number of carbonyl (C=O) groups is 1. The van der Waals surface area contributed by atoms with Crippen LogP contribution in [-0.2, 0) is 14.8 Å². The molecule has 5 nitrogen and oxygen atoms in total. The van der Waals surface area contributed by atoms with E-state index in [1.54, 1.807) is 26.0 Å². The lowest BCUT2D eigenvalue weighted by Crippen LogP contribution is -2.41. The van der Waals surface area contributed by atoms with E-state index < -0.39 is 10.0 Å². The molecule has 23 heavy (non-hydrogen) atoms. The highest BCUT2D eigenvalue weighted by Crippen LogP contribution is 2.21. The summed E-state index contributed by atoms with van der Waals surface area (Å²) in [5.74, 6) is -0.253. The van der Waals surface area contributed by atoms with Crippen LogP contribution in [0.4, 0.5) is 0 Å². The number of aryl methyl sites for hydroxylation is 2. The van der Waals surface area contributed by atoms with Crippen molar-refractivity contribution in [2.45, 2.75) is 51.9 Å². The van der Waals surface area contributed by atoms with Crippen molar-refractivity contribution in [1.82, 2.24) is 9.62 Å². The lowest BCUT2D eigenvalue weighted by atomic mass is 10.2. The predicted molar refractivity (Wildman–Crippen MR) is 92.9 cm³/mol. The van der Waals surface area contributed by atoms with Crippen molar-refractivity contribution in [2.24, 2.45) is 0 Å². The van der Waals surface area contributed by atoms with Crippen LogP contribution >= 0.6 is 0 Å². The van der Waals surface area contributed by atoms with Crippen LogP contribution in [0.1, 0.15) is 44.2 Å². The van der Waals surface area contributed by atoms with E-state index in [0.29, 0.717) is 12.1 Å². The average molecular weight is 340 g/mol. The molecular weight excluding hydrogens is 312 g/mol. The van der Waals surface area contributed by atoms with Gasteiger partial charge in [0.15, 0.2) is 0 Å². The van der Waals surface area contributed by atoms with Gasteiger partial charge in [0.25, 0.3) is 0 Å². The van der Waals surface area contributed by atoms with Gasteiger partial charge in [0.2, 0.25) is 15.9 Å². The SMILES string of the molecule is CCCCCNC(=O)CN(CC)S(=O)(=O)c1cc(C)ccc1C. The Labute approximate surface area is 140 Å². The molecule has 0 aliphatic carbocycles. The molecule has 0 fully saturated rings. The molecule has 1 rings (SSSR count). The Morgan fingerprint density at radius 1 is 1.17 bits per heavy atom. The fourth-order valence-corrected chi connectivity index (χ4v) is 4.02. The van der Waals surface area contributed by atoms with Crippen LogP contribution in [0.25, 0.3) is 0 Å². The van der Waals surface area contributed by atoms with Gasteiger partial charge in [0.05, 0.1) is 11.4 Å². The Morgan fingerprint density at radius 3 is 2.48 bits per heavy atom. The van der Waals surface area contributed by atoms with Gasteiger partial charge in [-0.2, -0.15) is 4.31 Å². The molecule has 1 N–H and O–H groups in total. The van der Waals surface area contributed by atoms with Crippen molar-refractivity contribution in [2.75, 3.05) is 19.6 Å². The smallest absolute Gasteiger partial charge is 0.243 e. The number of benzene rings is 1. The van der Waals surface area contributed by atoms with Gasteiger partial charge in [-0.3, -0.25) is 4.79 Å². The molecule has 1 amide bonds. The Morgan fingerprint density at radius 2 is 1.87 bits per heavy atom. The number of carbonyl (C=O) groups excluding carboxylic acids is 1. The van der Waals surface area contributed by atoms with E-state index in [9.17, 15) is 13.2 Å². The zero-order valence-corrected chi connectivity index (χ0v) is 15.4. The molecule has 0 saturated carbocycles. The number of nitrogens with zero attached hydrogens (tertiary/aromatic N) is 1. The van der Waals surface area contributed by atoms with E-state index in [0.717, 1.165) is 24.8 Å². The molecule has 0 radical (unpaired) electrons. The van der Waals surface area contributed by atoms with Crippen molar-refractivity contribution < 1.29 is 13.2 Å². The van der Waals surface area contributed by atoms with Crippen molar-refractivity contribution in [3.8, 4) is 0 Å². The monoisotopic (exact) mass is 340 g/mol. The fourth-order valence-electron chi connectivity index (χ4n) is 2.31. The van der Waals surface area contributed by atoms with Gasteiger partial charge in [-0.05, 0) is 37.5 Å². The van der Waals surface area contributed by atoms with Gasteiger partial charge in [0.1, 0.15) is 0 Å². The standard InChI is InChI=1S/C17H28N2O3S/c1-5-7-8-11-18-17(20)13-19(6-2)23(21,22)16-12-14(3)9-10-15(16)4/h9-10,12H,5-8,11,13H2,1-4H3,(H,18,20). The normalized spacial score (nSPS) is 11.7. The topological polar surface area (TPSA) is 66.5 Å². The van der Waals surface area contributed by atoms with E-state index in [4.69, 9.17) is 0 Å². The van der Waals surface area contributed by atoms with Gasteiger partial charge in [-0.15, -0.1) is 0 Å². The van der Waals surface area contributed by atoms with E-state index in [1.165, 1.54) is 4.31 Å². The summed E-state index contributed by atoms with van der Waals surface area (Å²) in [6.07, 6.45) is 3.05. The van der Waals surface area contributed by atoms with Gasteiger partial charge in [-0.1, -0.05) is 38.8 Å². The largest absolute Gasteiger partial charge is 0.355 e. The number of hydrogen-bond acceptors (Lipinski definition) is 3. The molecule has 0 unspecified atom stereocenters. The molecule has 0 aromatic heterocycles. The maximum Gasteiger partial charge on any atom is 0.243 e. The summed E-state index contributed by atoms with van der Waals surface area (Å²) in [5.41, 5.74) is 1.58. The van der Waals surface area contributed by atoms with Crippen LogP contribution in [0.2, 0.25) is 0 Å². The number of hydrogen-bond donors (Lipinski definition) is 1. The third-order valence-electron chi connectivity index (χ3n) is 3.74. The van der Waals surface area contributed by atoms with Crippen molar-refractivity contribution in [3.63, 3.8) is 0 Å². The second kappa shape index (κ2) is 9.03. The Hall–Kier alpha value is -1.40. The minimum Gasteiger partial charge on any atom is -0.355 e. The minimum atomic E-state index is -3.66. The highest BCUT2D eigenvalue weighted by molar-refractivity contribution is 7.89. The number of nitrogens with one attached hydrogen (secondary N) is 1. The third kappa shape index (κ3) is 5.62. The van der Waals surface area contributed by atoms with E-state index in [-0.39, 0.29) is 23.9 Å². The molecule has 1 aromatic carbocycles. The summed E-state index contributed by atoms with van der Waals surface area (Å²) in [6.45, 7) is 8.18. The number of likely N-dealkylation sites (N-methyl/N-ethyl adjacent to an activating group) is 1. The summed E-state index contributed by atoms with van der Waals surface area (Å²) >= 11 is 0. The fraction of sp³-hybridized carbons (Fsp3) is 0.588. The van der Waals surface area contributed by atoms with Gasteiger partial charge >= 0.3 is 0 Å². The lowest BCUT2D eigenvalue weighted by Gasteiger charge is -2.21. The van der Waals surface area contributed by atoms with E-state index in [2.05, 4.69) is 12.2 Å². The first kappa shape index (κ1) is 19.6. The first-order valence-corrected chi connectivity index (χ1v) is 9.61. The average Bonchev–Trinajstić information content (AvgIpc) is 2.51. The predicted octanol–water partition coefficient (Wildman–Crippen LogP) is 2.62. The second-order valence-electron chi connectivity index (χ2n) is 5.76. The summed E-state index contributed by atoms with van der Waals surface area (Å²) in [4.78, 5) is 12.3. The van der Waals surface area contributed by atoms with E-state index >= 15 is 0 Å². The molecule has 0 atom stereocenters. The van der Waals surface area contributed by atoms with Crippen molar-refractivity contribution in [1.29, 1.82) is 0 Å². The maximum atomic E-state index is 12.8. The van der Waals surface area contributed by atoms with Gasteiger partial charge in [-0.25, -0.2) is 8.42 Å². The van der Waals surface area contributed by atoms with Gasteiger partial charge < -0.3 is 5.32 Å². The van der Waals surface area contributed by atoms with E-state index in [1.807, 2.05) is 13.0 Å². The number of amides is 1. The summed E-state index contributed by atoms with van der Waals surface area (Å²) in [5, 5.41) is 2.79. The molecule has 0 bridgehead atoms. The summed E-state index contributed by atoms with van der Waals surface area (Å²) < 4.78 is 26.8. The van der Waals surface area contributed by atoms with Crippen LogP contribution < -0.4 is 5.32 Å². The highest BCUT2D eigenvalue weighted by Gasteiger charge is 2.26. The van der Waals surface area contributed by atoms with Gasteiger partial charge in [0, 0.05) is 13.1 Å². The van der Waals surface area contributed by atoms with Crippen molar-refractivity contribution >= 4 is 15.9 Å². The van der Waals surface area contributed by atoms with Crippen LogP contribution in [0.5, 0.6) is 0 Å². The molecule has 0 saturated heterocycles. The molecule has 0 aliphatic heterocycles.